The molecular weight excluding hydrogens is 298 g/mol. The number of fused-ring (bicyclic) bond motifs is 1. The summed E-state index contributed by atoms with van der Waals surface area (Å²) >= 11 is 5.98. The van der Waals surface area contributed by atoms with E-state index in [2.05, 4.69) is 15.2 Å². The van der Waals surface area contributed by atoms with Gasteiger partial charge >= 0.3 is 0 Å². The van der Waals surface area contributed by atoms with Gasteiger partial charge in [0.05, 0.1) is 24.9 Å². The molecule has 0 spiro atoms. The number of hydrogen-bond donors (Lipinski definition) is 0. The van der Waals surface area contributed by atoms with E-state index < -0.39 is 0 Å². The third-order valence-electron chi connectivity index (χ3n) is 3.27. The third kappa shape index (κ3) is 3.23. The quantitative estimate of drug-likeness (QED) is 0.623. The Kier molecular flexibility index (Phi) is 4.30. The lowest BCUT2D eigenvalue weighted by atomic mass is 10.2. The second-order valence-electron chi connectivity index (χ2n) is 4.74. The summed E-state index contributed by atoms with van der Waals surface area (Å²) in [4.78, 5) is 4.29. The van der Waals surface area contributed by atoms with Crippen LogP contribution in [0, 0.1) is 0 Å². The molecule has 2 aromatic carbocycles. The number of nitrogens with zero attached hydrogens (tertiary/aromatic N) is 3. The molecule has 0 aliphatic carbocycles. The average molecular weight is 312 g/mol. The second-order valence-corrected chi connectivity index (χ2v) is 5.18. The van der Waals surface area contributed by atoms with Crippen LogP contribution in [0.3, 0.4) is 0 Å². The Bertz CT molecular complexity index is 816. The van der Waals surface area contributed by atoms with Crippen LogP contribution in [0.1, 0.15) is 5.56 Å². The SMILES string of the molecule is COc1ccc(CN=Nc2ccnc3cc(Cl)ccc23)cc1. The average Bonchev–Trinajstić information content (AvgIpc) is 2.55. The van der Waals surface area contributed by atoms with E-state index in [1.807, 2.05) is 48.5 Å². The molecule has 1 heterocycles. The number of ether oxygens (including phenoxy) is 1. The van der Waals surface area contributed by atoms with Gasteiger partial charge < -0.3 is 4.74 Å². The maximum Gasteiger partial charge on any atom is 0.118 e. The van der Waals surface area contributed by atoms with Crippen molar-refractivity contribution < 1.29 is 4.74 Å². The van der Waals surface area contributed by atoms with Crippen molar-refractivity contribution in [2.75, 3.05) is 7.11 Å². The highest BCUT2D eigenvalue weighted by molar-refractivity contribution is 6.31. The maximum absolute atomic E-state index is 5.98. The lowest BCUT2D eigenvalue weighted by molar-refractivity contribution is 0.414. The van der Waals surface area contributed by atoms with E-state index in [-0.39, 0.29) is 0 Å². The van der Waals surface area contributed by atoms with Gasteiger partial charge in [0, 0.05) is 16.6 Å². The molecule has 0 aliphatic rings. The van der Waals surface area contributed by atoms with E-state index in [1.54, 1.807) is 13.3 Å². The van der Waals surface area contributed by atoms with Crippen LogP contribution in [0.5, 0.6) is 5.75 Å². The molecule has 0 unspecified atom stereocenters. The summed E-state index contributed by atoms with van der Waals surface area (Å²) in [5, 5.41) is 10.2. The molecule has 3 aromatic rings. The number of rotatable bonds is 4. The number of hydrogen-bond acceptors (Lipinski definition) is 4. The molecule has 0 aliphatic heterocycles. The highest BCUT2D eigenvalue weighted by Crippen LogP contribution is 2.27. The standard InChI is InChI=1S/C17H14ClN3O/c1-22-14-5-2-12(3-6-14)11-20-21-16-8-9-19-17-10-13(18)4-7-15(16)17/h2-10H,11H2,1H3. The van der Waals surface area contributed by atoms with Crippen molar-refractivity contribution >= 4 is 28.2 Å². The van der Waals surface area contributed by atoms with Gasteiger partial charge in [-0.3, -0.25) is 4.98 Å². The summed E-state index contributed by atoms with van der Waals surface area (Å²) in [5.74, 6) is 0.831. The molecule has 22 heavy (non-hydrogen) atoms. The summed E-state index contributed by atoms with van der Waals surface area (Å²) in [6.07, 6.45) is 1.71. The Morgan fingerprint density at radius 1 is 1.09 bits per heavy atom. The number of pyridine rings is 1. The number of benzene rings is 2. The van der Waals surface area contributed by atoms with Crippen molar-refractivity contribution in [1.82, 2.24) is 4.98 Å². The van der Waals surface area contributed by atoms with E-state index in [4.69, 9.17) is 16.3 Å². The molecule has 0 bridgehead atoms. The smallest absolute Gasteiger partial charge is 0.118 e. The molecule has 110 valence electrons. The molecule has 5 heteroatoms. The lowest BCUT2D eigenvalue weighted by Gasteiger charge is -2.02. The highest BCUT2D eigenvalue weighted by Gasteiger charge is 2.01. The molecule has 0 fully saturated rings. The van der Waals surface area contributed by atoms with Crippen molar-refractivity contribution in [3.8, 4) is 5.75 Å². The Labute approximate surface area is 133 Å². The minimum absolute atomic E-state index is 0.515. The van der Waals surface area contributed by atoms with E-state index in [9.17, 15) is 0 Å². The molecular formula is C17H14ClN3O. The summed E-state index contributed by atoms with van der Waals surface area (Å²) < 4.78 is 5.13. The fourth-order valence-electron chi connectivity index (χ4n) is 2.12. The van der Waals surface area contributed by atoms with Gasteiger partial charge in [0.2, 0.25) is 0 Å². The van der Waals surface area contributed by atoms with Crippen molar-refractivity contribution in [2.24, 2.45) is 10.2 Å². The van der Waals surface area contributed by atoms with Crippen molar-refractivity contribution in [3.05, 3.63) is 65.3 Å². The predicted octanol–water partition coefficient (Wildman–Crippen LogP) is 5.18. The third-order valence-corrected chi connectivity index (χ3v) is 3.51. The minimum Gasteiger partial charge on any atom is -0.497 e. The summed E-state index contributed by atoms with van der Waals surface area (Å²) in [6, 6.07) is 15.2. The van der Waals surface area contributed by atoms with Crippen molar-refractivity contribution in [2.45, 2.75) is 6.54 Å². The van der Waals surface area contributed by atoms with Gasteiger partial charge in [-0.15, -0.1) is 0 Å². The van der Waals surface area contributed by atoms with Crippen LogP contribution in [0.25, 0.3) is 10.9 Å². The Morgan fingerprint density at radius 2 is 1.91 bits per heavy atom. The number of aromatic nitrogens is 1. The summed E-state index contributed by atoms with van der Waals surface area (Å²) in [6.45, 7) is 0.515. The largest absolute Gasteiger partial charge is 0.497 e. The molecule has 3 rings (SSSR count). The first-order valence-corrected chi connectivity index (χ1v) is 7.19. The van der Waals surface area contributed by atoms with Crippen LogP contribution in [0.4, 0.5) is 5.69 Å². The monoisotopic (exact) mass is 311 g/mol. The van der Waals surface area contributed by atoms with Gasteiger partial charge in [-0.05, 0) is 42.0 Å². The zero-order valence-corrected chi connectivity index (χ0v) is 12.8. The van der Waals surface area contributed by atoms with Gasteiger partial charge in [0.1, 0.15) is 5.75 Å². The Morgan fingerprint density at radius 3 is 2.68 bits per heavy atom. The zero-order chi connectivity index (χ0) is 15.4. The molecule has 1 aromatic heterocycles. The Hall–Kier alpha value is -2.46. The van der Waals surface area contributed by atoms with Crippen LogP contribution >= 0.6 is 11.6 Å². The first-order chi connectivity index (χ1) is 10.8. The van der Waals surface area contributed by atoms with Crippen molar-refractivity contribution in [1.29, 1.82) is 0 Å². The summed E-state index contributed by atoms with van der Waals surface area (Å²) in [5.41, 5.74) is 2.68. The van der Waals surface area contributed by atoms with Crippen LogP contribution in [-0.4, -0.2) is 12.1 Å². The van der Waals surface area contributed by atoms with Crippen LogP contribution < -0.4 is 4.74 Å². The van der Waals surface area contributed by atoms with Gasteiger partial charge in [-0.25, -0.2) is 0 Å². The molecule has 0 atom stereocenters. The normalized spacial score (nSPS) is 11.2. The van der Waals surface area contributed by atoms with Crippen molar-refractivity contribution in [3.63, 3.8) is 0 Å². The van der Waals surface area contributed by atoms with Gasteiger partial charge in [-0.1, -0.05) is 23.7 Å². The van der Waals surface area contributed by atoms with E-state index in [0.717, 1.165) is 27.9 Å². The molecule has 0 saturated heterocycles. The Balaban J connectivity index is 1.80. The minimum atomic E-state index is 0.515. The van der Waals surface area contributed by atoms with Crippen LogP contribution in [0.15, 0.2) is 65.0 Å². The number of azo groups is 1. The number of methoxy groups -OCH3 is 1. The fourth-order valence-corrected chi connectivity index (χ4v) is 2.28. The highest BCUT2D eigenvalue weighted by atomic mass is 35.5. The molecule has 0 amide bonds. The molecule has 0 radical (unpaired) electrons. The topological polar surface area (TPSA) is 46.8 Å². The molecule has 4 nitrogen and oxygen atoms in total. The van der Waals surface area contributed by atoms with Gasteiger partial charge in [0.15, 0.2) is 0 Å². The van der Waals surface area contributed by atoms with Crippen LogP contribution in [0.2, 0.25) is 5.02 Å². The maximum atomic E-state index is 5.98. The summed E-state index contributed by atoms with van der Waals surface area (Å²) in [7, 11) is 1.65. The first-order valence-electron chi connectivity index (χ1n) is 6.81. The lowest BCUT2D eigenvalue weighted by Crippen LogP contribution is -1.84. The predicted molar refractivity (Wildman–Crippen MR) is 88.0 cm³/mol. The first kappa shape index (κ1) is 14.5. The van der Waals surface area contributed by atoms with E-state index >= 15 is 0 Å². The fraction of sp³-hybridized carbons (Fsp3) is 0.118. The van der Waals surface area contributed by atoms with E-state index in [0.29, 0.717) is 11.6 Å². The zero-order valence-electron chi connectivity index (χ0n) is 12.0. The van der Waals surface area contributed by atoms with Gasteiger partial charge in [-0.2, -0.15) is 10.2 Å². The molecule has 0 N–H and O–H groups in total. The van der Waals surface area contributed by atoms with Crippen LogP contribution in [-0.2, 0) is 6.54 Å². The van der Waals surface area contributed by atoms with Gasteiger partial charge in [0.25, 0.3) is 0 Å². The van der Waals surface area contributed by atoms with E-state index in [1.165, 1.54) is 0 Å². The molecule has 0 saturated carbocycles. The number of halogens is 1. The second kappa shape index (κ2) is 6.54.